The Morgan fingerprint density at radius 1 is 1.19 bits per heavy atom. The van der Waals surface area contributed by atoms with Crippen molar-refractivity contribution in [2.45, 2.75) is 6.92 Å². The third-order valence-corrected chi connectivity index (χ3v) is 4.97. The second-order valence-electron chi connectivity index (χ2n) is 6.63. The zero-order valence-electron chi connectivity index (χ0n) is 16.6. The van der Waals surface area contributed by atoms with Crippen LogP contribution >= 0.6 is 23.8 Å². The topological polar surface area (TPSA) is 89.3 Å². The second-order valence-corrected chi connectivity index (χ2v) is 7.47. The number of oxazole rings is 1. The lowest BCUT2D eigenvalue weighted by atomic mass is 10.1. The van der Waals surface area contributed by atoms with E-state index in [9.17, 15) is 4.79 Å². The van der Waals surface area contributed by atoms with Crippen molar-refractivity contribution >= 4 is 51.8 Å². The molecule has 4 rings (SSSR count). The van der Waals surface area contributed by atoms with Gasteiger partial charge in [0.05, 0.1) is 12.7 Å². The SMILES string of the molecule is COc1ccc(Cl)cc1C(=O)NC(=S)Nc1cc(-c2nc3ncccc3o2)ccc1C. The molecule has 0 aliphatic rings. The minimum Gasteiger partial charge on any atom is -0.496 e. The average molecular weight is 453 g/mol. The summed E-state index contributed by atoms with van der Waals surface area (Å²) in [5.41, 5.74) is 3.79. The maximum absolute atomic E-state index is 12.6. The Morgan fingerprint density at radius 2 is 2.03 bits per heavy atom. The van der Waals surface area contributed by atoms with Crippen molar-refractivity contribution in [3.63, 3.8) is 0 Å². The number of aryl methyl sites for hydroxylation is 1. The molecule has 2 N–H and O–H groups in total. The first kappa shape index (κ1) is 20.8. The summed E-state index contributed by atoms with van der Waals surface area (Å²) in [6, 6.07) is 14.0. The van der Waals surface area contributed by atoms with Gasteiger partial charge in [-0.25, -0.2) is 4.98 Å². The molecule has 1 amide bonds. The largest absolute Gasteiger partial charge is 0.496 e. The summed E-state index contributed by atoms with van der Waals surface area (Å²) in [4.78, 5) is 21.2. The van der Waals surface area contributed by atoms with Gasteiger partial charge in [0.25, 0.3) is 5.91 Å². The standard InChI is InChI=1S/C22H17ClN4O3S/c1-12-5-6-13(21-26-19-18(30-21)4-3-9-24-19)10-16(12)25-22(31)27-20(28)15-11-14(23)7-8-17(15)29-2/h3-11H,1-2H3,(H2,25,27,28,31). The fourth-order valence-corrected chi connectivity index (χ4v) is 3.34. The van der Waals surface area contributed by atoms with Gasteiger partial charge in [-0.3, -0.25) is 10.1 Å². The van der Waals surface area contributed by atoms with Crippen molar-refractivity contribution < 1.29 is 13.9 Å². The van der Waals surface area contributed by atoms with Gasteiger partial charge in [0, 0.05) is 22.5 Å². The number of nitrogens with zero attached hydrogens (tertiary/aromatic N) is 2. The molecular formula is C22H17ClN4O3S. The van der Waals surface area contributed by atoms with Crippen molar-refractivity contribution in [1.82, 2.24) is 15.3 Å². The number of ether oxygens (including phenoxy) is 1. The van der Waals surface area contributed by atoms with Crippen molar-refractivity contribution in [3.05, 3.63) is 70.9 Å². The number of anilines is 1. The molecule has 0 spiro atoms. The number of amides is 1. The van der Waals surface area contributed by atoms with Crippen molar-refractivity contribution in [2.24, 2.45) is 0 Å². The number of hydrogen-bond donors (Lipinski definition) is 2. The number of benzene rings is 2. The number of carbonyl (C=O) groups excluding carboxylic acids is 1. The Bertz CT molecular complexity index is 1270. The zero-order valence-corrected chi connectivity index (χ0v) is 18.2. The molecule has 0 atom stereocenters. The fraction of sp³-hybridized carbons (Fsp3) is 0.0909. The van der Waals surface area contributed by atoms with E-state index in [1.807, 2.05) is 25.1 Å². The van der Waals surface area contributed by atoms with Crippen LogP contribution in [0.1, 0.15) is 15.9 Å². The maximum Gasteiger partial charge on any atom is 0.261 e. The summed E-state index contributed by atoms with van der Waals surface area (Å²) in [6.07, 6.45) is 1.66. The smallest absolute Gasteiger partial charge is 0.261 e. The number of hydrogen-bond acceptors (Lipinski definition) is 6. The Hall–Kier alpha value is -3.49. The van der Waals surface area contributed by atoms with Crippen LogP contribution < -0.4 is 15.4 Å². The van der Waals surface area contributed by atoms with Crippen LogP contribution in [0.4, 0.5) is 5.69 Å². The highest BCUT2D eigenvalue weighted by molar-refractivity contribution is 7.80. The van der Waals surface area contributed by atoms with Gasteiger partial charge in [-0.2, -0.15) is 4.98 Å². The lowest BCUT2D eigenvalue weighted by Crippen LogP contribution is -2.34. The van der Waals surface area contributed by atoms with Crippen molar-refractivity contribution in [3.8, 4) is 17.2 Å². The molecule has 156 valence electrons. The summed E-state index contributed by atoms with van der Waals surface area (Å²) >= 11 is 11.3. The fourth-order valence-electron chi connectivity index (χ4n) is 2.96. The molecule has 0 unspecified atom stereocenters. The monoisotopic (exact) mass is 452 g/mol. The normalized spacial score (nSPS) is 10.7. The summed E-state index contributed by atoms with van der Waals surface area (Å²) in [5, 5.41) is 6.24. The van der Waals surface area contributed by atoms with Gasteiger partial charge < -0.3 is 14.5 Å². The van der Waals surface area contributed by atoms with Crippen LogP contribution in [0, 0.1) is 6.92 Å². The van der Waals surface area contributed by atoms with Gasteiger partial charge in [-0.05, 0) is 67.2 Å². The number of thiocarbonyl (C=S) groups is 1. The number of fused-ring (bicyclic) bond motifs is 1. The Balaban J connectivity index is 1.54. The van der Waals surface area contributed by atoms with E-state index in [0.29, 0.717) is 33.6 Å². The molecule has 2 aromatic heterocycles. The van der Waals surface area contributed by atoms with Gasteiger partial charge in [0.15, 0.2) is 16.3 Å². The molecule has 0 radical (unpaired) electrons. The highest BCUT2D eigenvalue weighted by atomic mass is 35.5. The molecule has 0 aliphatic heterocycles. The van der Waals surface area contributed by atoms with E-state index >= 15 is 0 Å². The molecule has 2 heterocycles. The van der Waals surface area contributed by atoms with Crippen LogP contribution in [0.15, 0.2) is 59.1 Å². The quantitative estimate of drug-likeness (QED) is 0.422. The van der Waals surface area contributed by atoms with E-state index in [2.05, 4.69) is 20.6 Å². The van der Waals surface area contributed by atoms with Crippen LogP contribution in [0.25, 0.3) is 22.7 Å². The van der Waals surface area contributed by atoms with Crippen LogP contribution in [-0.2, 0) is 0 Å². The van der Waals surface area contributed by atoms with Crippen molar-refractivity contribution in [1.29, 1.82) is 0 Å². The average Bonchev–Trinajstić information content (AvgIpc) is 3.19. The van der Waals surface area contributed by atoms with Gasteiger partial charge >= 0.3 is 0 Å². The highest BCUT2D eigenvalue weighted by Crippen LogP contribution is 2.27. The van der Waals surface area contributed by atoms with Gasteiger partial charge in [0.1, 0.15) is 5.75 Å². The highest BCUT2D eigenvalue weighted by Gasteiger charge is 2.16. The minimum atomic E-state index is -0.435. The lowest BCUT2D eigenvalue weighted by molar-refractivity contribution is 0.0975. The predicted octanol–water partition coefficient (Wildman–Crippen LogP) is 4.99. The summed E-state index contributed by atoms with van der Waals surface area (Å²) < 4.78 is 11.0. The molecule has 0 bridgehead atoms. The predicted molar refractivity (Wildman–Crippen MR) is 124 cm³/mol. The molecular weight excluding hydrogens is 436 g/mol. The van der Waals surface area contributed by atoms with Gasteiger partial charge in [-0.1, -0.05) is 17.7 Å². The number of carbonyl (C=O) groups is 1. The molecule has 31 heavy (non-hydrogen) atoms. The number of nitrogens with one attached hydrogen (secondary N) is 2. The second kappa shape index (κ2) is 8.71. The number of rotatable bonds is 4. The lowest BCUT2D eigenvalue weighted by Gasteiger charge is -2.14. The molecule has 0 saturated heterocycles. The number of halogens is 1. The molecule has 0 saturated carbocycles. The maximum atomic E-state index is 12.6. The molecule has 7 nitrogen and oxygen atoms in total. The van der Waals surface area contributed by atoms with E-state index < -0.39 is 5.91 Å². The van der Waals surface area contributed by atoms with Gasteiger partial charge in [-0.15, -0.1) is 0 Å². The van der Waals surface area contributed by atoms with E-state index in [1.54, 1.807) is 30.5 Å². The molecule has 4 aromatic rings. The molecule has 2 aromatic carbocycles. The Kier molecular flexibility index (Phi) is 5.83. The third-order valence-electron chi connectivity index (χ3n) is 4.53. The van der Waals surface area contributed by atoms with E-state index in [0.717, 1.165) is 11.1 Å². The van der Waals surface area contributed by atoms with E-state index in [-0.39, 0.29) is 10.7 Å². The first-order valence-corrected chi connectivity index (χ1v) is 10.0. The van der Waals surface area contributed by atoms with Crippen LogP contribution in [0.3, 0.4) is 0 Å². The third kappa shape index (κ3) is 4.50. The summed E-state index contributed by atoms with van der Waals surface area (Å²) in [7, 11) is 1.48. The van der Waals surface area contributed by atoms with Crippen LogP contribution in [0.5, 0.6) is 5.75 Å². The van der Waals surface area contributed by atoms with E-state index in [1.165, 1.54) is 13.2 Å². The number of aromatic nitrogens is 2. The molecule has 9 heteroatoms. The van der Waals surface area contributed by atoms with Gasteiger partial charge in [0.2, 0.25) is 5.89 Å². The minimum absolute atomic E-state index is 0.131. The van der Waals surface area contributed by atoms with Crippen LogP contribution in [0.2, 0.25) is 5.02 Å². The number of pyridine rings is 1. The van der Waals surface area contributed by atoms with Crippen LogP contribution in [-0.4, -0.2) is 28.1 Å². The summed E-state index contributed by atoms with van der Waals surface area (Å²) in [6.45, 7) is 1.92. The Labute approximate surface area is 188 Å². The van der Waals surface area contributed by atoms with Crippen molar-refractivity contribution in [2.75, 3.05) is 12.4 Å². The first-order chi connectivity index (χ1) is 14.9. The van der Waals surface area contributed by atoms with E-state index in [4.69, 9.17) is 33.0 Å². The Morgan fingerprint density at radius 3 is 2.81 bits per heavy atom. The first-order valence-electron chi connectivity index (χ1n) is 9.23. The number of methoxy groups -OCH3 is 1. The summed E-state index contributed by atoms with van der Waals surface area (Å²) in [5.74, 6) is 0.401. The zero-order chi connectivity index (χ0) is 22.0. The molecule has 0 fully saturated rings. The molecule has 0 aliphatic carbocycles.